The number of rotatable bonds is 3. The highest BCUT2D eigenvalue weighted by Gasteiger charge is 2.47. The smallest absolute Gasteiger partial charge is 0.239 e. The van der Waals surface area contributed by atoms with Gasteiger partial charge in [0.1, 0.15) is 11.2 Å². The van der Waals surface area contributed by atoms with E-state index >= 15 is 0 Å². The lowest BCUT2D eigenvalue weighted by atomic mass is 9.69. The lowest BCUT2D eigenvalue weighted by Gasteiger charge is -2.37. The molecule has 1 fully saturated rings. The number of ketones is 1. The number of allylic oxidation sites excluding steroid dienone is 1. The summed E-state index contributed by atoms with van der Waals surface area (Å²) in [5.74, 6) is 0.337. The molecule has 22 heavy (non-hydrogen) atoms. The second-order valence-corrected chi connectivity index (χ2v) is 6.30. The Bertz CT molecular complexity index is 601. The molecule has 1 saturated carbocycles. The molecule has 1 aliphatic heterocycles. The first-order valence-corrected chi connectivity index (χ1v) is 8.01. The van der Waals surface area contributed by atoms with Crippen molar-refractivity contribution in [1.29, 1.82) is 0 Å². The van der Waals surface area contributed by atoms with Crippen molar-refractivity contribution in [2.45, 2.75) is 45.1 Å². The molecule has 1 aromatic carbocycles. The van der Waals surface area contributed by atoms with E-state index in [0.29, 0.717) is 18.7 Å². The zero-order valence-corrected chi connectivity index (χ0v) is 12.9. The Balaban J connectivity index is 1.75. The molecule has 2 aliphatic rings. The third kappa shape index (κ3) is 2.65. The van der Waals surface area contributed by atoms with Gasteiger partial charge in [0.25, 0.3) is 0 Å². The van der Waals surface area contributed by atoms with Gasteiger partial charge in [-0.3, -0.25) is 9.59 Å². The highest BCUT2D eigenvalue weighted by atomic mass is 16.2. The first-order valence-electron chi connectivity index (χ1n) is 8.01. The molecule has 1 aliphatic carbocycles. The Hall–Kier alpha value is -2.10. The van der Waals surface area contributed by atoms with Gasteiger partial charge in [0.05, 0.1) is 0 Å². The Morgan fingerprint density at radius 3 is 2.41 bits per heavy atom. The van der Waals surface area contributed by atoms with Crippen LogP contribution in [0.15, 0.2) is 42.2 Å². The van der Waals surface area contributed by atoms with Crippen LogP contribution in [0.5, 0.6) is 0 Å². The third-order valence-corrected chi connectivity index (χ3v) is 4.81. The average Bonchev–Trinajstić information content (AvgIpc) is 2.54. The fourth-order valence-corrected chi connectivity index (χ4v) is 3.42. The topological polar surface area (TPSA) is 58.2 Å². The summed E-state index contributed by atoms with van der Waals surface area (Å²) in [4.78, 5) is 25.0. The van der Waals surface area contributed by atoms with Crippen LogP contribution in [0.2, 0.25) is 0 Å². The number of benzene rings is 1. The second-order valence-electron chi connectivity index (χ2n) is 6.30. The summed E-state index contributed by atoms with van der Waals surface area (Å²) < 4.78 is 0. The minimum atomic E-state index is -0.806. The minimum Gasteiger partial charge on any atom is -0.365 e. The van der Waals surface area contributed by atoms with Crippen LogP contribution < -0.4 is 10.6 Å². The van der Waals surface area contributed by atoms with Gasteiger partial charge in [-0.2, -0.15) is 0 Å². The van der Waals surface area contributed by atoms with Crippen molar-refractivity contribution in [3.8, 4) is 0 Å². The molecule has 1 spiro atoms. The van der Waals surface area contributed by atoms with Gasteiger partial charge >= 0.3 is 0 Å². The summed E-state index contributed by atoms with van der Waals surface area (Å²) >= 11 is 0. The Kier molecular flexibility index (Phi) is 4.01. The molecule has 0 radical (unpaired) electrons. The van der Waals surface area contributed by atoms with Crippen molar-refractivity contribution < 1.29 is 9.59 Å². The highest BCUT2D eigenvalue weighted by molar-refractivity contribution is 6.14. The van der Waals surface area contributed by atoms with E-state index in [4.69, 9.17) is 0 Å². The number of amides is 1. The van der Waals surface area contributed by atoms with Crippen molar-refractivity contribution in [3.63, 3.8) is 0 Å². The Morgan fingerprint density at radius 2 is 1.77 bits per heavy atom. The van der Waals surface area contributed by atoms with Crippen molar-refractivity contribution in [2.24, 2.45) is 5.41 Å². The van der Waals surface area contributed by atoms with E-state index in [1.54, 1.807) is 6.08 Å². The van der Waals surface area contributed by atoms with Crippen molar-refractivity contribution in [2.75, 3.05) is 0 Å². The highest BCUT2D eigenvalue weighted by Crippen LogP contribution is 2.39. The second kappa shape index (κ2) is 5.95. The normalized spacial score (nSPS) is 22.0. The zero-order valence-electron chi connectivity index (χ0n) is 12.9. The number of hydrogen-bond acceptors (Lipinski definition) is 3. The molecule has 0 aromatic heterocycles. The van der Waals surface area contributed by atoms with Gasteiger partial charge in [0, 0.05) is 12.1 Å². The summed E-state index contributed by atoms with van der Waals surface area (Å²) in [7, 11) is 0. The van der Waals surface area contributed by atoms with E-state index in [1.165, 1.54) is 0 Å². The lowest BCUT2D eigenvalue weighted by Crippen LogP contribution is -2.52. The van der Waals surface area contributed by atoms with Gasteiger partial charge in [-0.15, -0.1) is 0 Å². The molecule has 1 unspecified atom stereocenters. The molecule has 2 N–H and O–H groups in total. The Labute approximate surface area is 131 Å². The number of carbonyl (C=O) groups is 2. The van der Waals surface area contributed by atoms with Crippen LogP contribution >= 0.6 is 0 Å². The largest absolute Gasteiger partial charge is 0.365 e. The molecule has 1 heterocycles. The maximum atomic E-state index is 12.5. The third-order valence-electron chi connectivity index (χ3n) is 4.81. The van der Waals surface area contributed by atoms with Crippen molar-refractivity contribution >= 4 is 11.7 Å². The summed E-state index contributed by atoms with van der Waals surface area (Å²) in [6, 6.07) is 9.99. The number of hydrogen-bond donors (Lipinski definition) is 2. The van der Waals surface area contributed by atoms with Gasteiger partial charge in [0.15, 0.2) is 5.78 Å². The van der Waals surface area contributed by atoms with Gasteiger partial charge in [-0.1, -0.05) is 49.6 Å². The molecule has 1 aromatic rings. The molecule has 0 saturated heterocycles. The van der Waals surface area contributed by atoms with Gasteiger partial charge in [0.2, 0.25) is 5.91 Å². The maximum absolute atomic E-state index is 12.5. The van der Waals surface area contributed by atoms with Crippen LogP contribution in [-0.2, 0) is 9.59 Å². The first-order chi connectivity index (χ1) is 10.6. The van der Waals surface area contributed by atoms with Crippen LogP contribution in [-0.4, -0.2) is 11.7 Å². The summed E-state index contributed by atoms with van der Waals surface area (Å²) in [6.07, 6.45) is 5.95. The van der Waals surface area contributed by atoms with E-state index in [1.807, 2.05) is 37.3 Å². The molecular formula is C18H22N2O2. The maximum Gasteiger partial charge on any atom is 0.239 e. The molecule has 4 heteroatoms. The monoisotopic (exact) mass is 298 g/mol. The van der Waals surface area contributed by atoms with Crippen LogP contribution in [0, 0.1) is 5.41 Å². The molecule has 116 valence electrons. The fourth-order valence-electron chi connectivity index (χ4n) is 3.42. The van der Waals surface area contributed by atoms with Gasteiger partial charge in [-0.05, 0) is 25.3 Å². The average molecular weight is 298 g/mol. The fraction of sp³-hybridized carbons (Fsp3) is 0.444. The van der Waals surface area contributed by atoms with Crippen LogP contribution in [0.3, 0.4) is 0 Å². The molecule has 1 atom stereocenters. The van der Waals surface area contributed by atoms with Gasteiger partial charge in [-0.25, -0.2) is 0 Å². The molecular weight excluding hydrogens is 276 g/mol. The summed E-state index contributed by atoms with van der Waals surface area (Å²) in [6.45, 7) is 2.01. The van der Waals surface area contributed by atoms with Gasteiger partial charge < -0.3 is 10.6 Å². The Morgan fingerprint density at radius 1 is 1.09 bits per heavy atom. The van der Waals surface area contributed by atoms with Crippen molar-refractivity contribution in [3.05, 3.63) is 47.8 Å². The predicted molar refractivity (Wildman–Crippen MR) is 84.7 cm³/mol. The molecule has 0 bridgehead atoms. The van der Waals surface area contributed by atoms with E-state index in [0.717, 1.165) is 24.8 Å². The summed E-state index contributed by atoms with van der Waals surface area (Å²) in [5, 5.41) is 6.12. The molecule has 4 nitrogen and oxygen atoms in total. The van der Waals surface area contributed by atoms with E-state index in [9.17, 15) is 9.59 Å². The quantitative estimate of drug-likeness (QED) is 0.844. The van der Waals surface area contributed by atoms with Crippen LogP contribution in [0.1, 0.15) is 50.6 Å². The van der Waals surface area contributed by atoms with E-state index in [2.05, 4.69) is 10.6 Å². The van der Waals surface area contributed by atoms with Crippen LogP contribution in [0.4, 0.5) is 0 Å². The molecule has 3 rings (SSSR count). The summed E-state index contributed by atoms with van der Waals surface area (Å²) in [5.41, 5.74) is 0.308. The van der Waals surface area contributed by atoms with Crippen LogP contribution in [0.25, 0.3) is 0 Å². The SMILES string of the molecule is CC(NC1=CC(=O)C2(CCCCC2)C(=O)N1)c1ccccc1. The standard InChI is InChI=1S/C18H22N2O2/c1-13(14-8-4-2-5-9-14)19-16-12-15(21)18(17(22)20-16)10-6-3-7-11-18/h2,4-5,8-9,12-13,19H,3,6-7,10-11H2,1H3,(H,20,22). The number of nitrogens with one attached hydrogen (secondary N) is 2. The van der Waals surface area contributed by atoms with Crippen molar-refractivity contribution in [1.82, 2.24) is 10.6 Å². The minimum absolute atomic E-state index is 0.0287. The zero-order chi connectivity index (χ0) is 15.6. The predicted octanol–water partition coefficient (Wildman–Crippen LogP) is 2.83. The lowest BCUT2D eigenvalue weighted by molar-refractivity contribution is -0.142. The number of carbonyl (C=O) groups excluding carboxylic acids is 2. The first kappa shape index (κ1) is 14.8. The van der Waals surface area contributed by atoms with E-state index in [-0.39, 0.29) is 17.7 Å². The molecule has 1 amide bonds. The van der Waals surface area contributed by atoms with E-state index < -0.39 is 5.41 Å².